The summed E-state index contributed by atoms with van der Waals surface area (Å²) in [7, 11) is 3.19. The number of nitrogens with zero attached hydrogens (tertiary/aromatic N) is 1. The van der Waals surface area contributed by atoms with Gasteiger partial charge in [0.05, 0.1) is 14.2 Å². The summed E-state index contributed by atoms with van der Waals surface area (Å²) >= 11 is 0. The predicted octanol–water partition coefficient (Wildman–Crippen LogP) is 2.09. The maximum atomic E-state index is 13.0. The number of para-hydroxylation sites is 1. The molecule has 26 heavy (non-hydrogen) atoms. The quantitative estimate of drug-likeness (QED) is 0.741. The summed E-state index contributed by atoms with van der Waals surface area (Å²) in [5.41, 5.74) is -0.312. The number of methoxy groups -OCH3 is 2. The van der Waals surface area contributed by atoms with E-state index in [1.807, 2.05) is 18.2 Å². The molecule has 1 amide bonds. The van der Waals surface area contributed by atoms with E-state index in [0.29, 0.717) is 37.6 Å². The Morgan fingerprint density at radius 1 is 1.23 bits per heavy atom. The Bertz CT molecular complexity index is 659. The van der Waals surface area contributed by atoms with Crippen LogP contribution in [0.25, 0.3) is 0 Å². The number of piperidine rings is 1. The van der Waals surface area contributed by atoms with E-state index in [2.05, 4.69) is 12.2 Å². The molecule has 1 aromatic rings. The second kappa shape index (κ2) is 7.45. The minimum atomic E-state index is -1.32. The first-order valence-corrected chi connectivity index (χ1v) is 9.43. The number of carbonyl (C=O) groups is 1. The van der Waals surface area contributed by atoms with Crippen molar-refractivity contribution in [3.63, 3.8) is 0 Å². The summed E-state index contributed by atoms with van der Waals surface area (Å²) in [6.45, 7) is 3.51. The summed E-state index contributed by atoms with van der Waals surface area (Å²) in [4.78, 5) is 14.7. The number of aliphatic hydroxyl groups is 1. The number of carbonyl (C=O) groups excluding carboxylic acids is 1. The van der Waals surface area contributed by atoms with Crippen molar-refractivity contribution in [3.05, 3.63) is 23.8 Å². The van der Waals surface area contributed by atoms with Crippen LogP contribution in [0.3, 0.4) is 0 Å². The maximum absolute atomic E-state index is 13.0. The summed E-state index contributed by atoms with van der Waals surface area (Å²) in [6.07, 6.45) is 4.57. The molecular formula is C20H30N2O4. The van der Waals surface area contributed by atoms with E-state index in [-0.39, 0.29) is 11.4 Å². The number of amides is 1. The first-order valence-electron chi connectivity index (χ1n) is 9.43. The number of β-amino-alcohol motifs (C(OH)–C–C–N with tert-alkyl or cyclic N) is 1. The molecule has 1 atom stereocenters. The number of likely N-dealkylation sites (tertiary alicyclic amines) is 1. The number of hydrogen-bond acceptors (Lipinski definition) is 5. The fourth-order valence-corrected chi connectivity index (χ4v) is 3.80. The van der Waals surface area contributed by atoms with Crippen LogP contribution in [0.5, 0.6) is 11.5 Å². The number of hydrogen-bond donors (Lipinski definition) is 2. The van der Waals surface area contributed by atoms with Gasteiger partial charge in [-0.25, -0.2) is 0 Å². The molecule has 6 nitrogen and oxygen atoms in total. The molecule has 0 bridgehead atoms. The zero-order chi connectivity index (χ0) is 18.8. The zero-order valence-corrected chi connectivity index (χ0v) is 16.0. The molecule has 144 valence electrons. The van der Waals surface area contributed by atoms with Crippen molar-refractivity contribution in [1.82, 2.24) is 10.2 Å². The highest BCUT2D eigenvalue weighted by Crippen LogP contribution is 2.39. The van der Waals surface area contributed by atoms with Crippen molar-refractivity contribution in [1.29, 1.82) is 0 Å². The molecular weight excluding hydrogens is 332 g/mol. The van der Waals surface area contributed by atoms with E-state index < -0.39 is 5.60 Å². The third-order valence-electron chi connectivity index (χ3n) is 5.84. The third kappa shape index (κ3) is 3.67. The van der Waals surface area contributed by atoms with Gasteiger partial charge in [-0.2, -0.15) is 0 Å². The highest BCUT2D eigenvalue weighted by molar-refractivity contribution is 5.86. The molecule has 2 fully saturated rings. The molecule has 0 spiro atoms. The summed E-state index contributed by atoms with van der Waals surface area (Å²) in [6, 6.07) is 5.65. The fraction of sp³-hybridized carbons (Fsp3) is 0.650. The molecule has 1 aliphatic heterocycles. The average molecular weight is 362 g/mol. The first kappa shape index (κ1) is 19.0. The topological polar surface area (TPSA) is 71.0 Å². The lowest BCUT2D eigenvalue weighted by atomic mass is 9.90. The lowest BCUT2D eigenvalue weighted by molar-refractivity contribution is -0.157. The van der Waals surface area contributed by atoms with Gasteiger partial charge < -0.3 is 24.8 Å². The summed E-state index contributed by atoms with van der Waals surface area (Å²) in [5, 5.41) is 14.4. The average Bonchev–Trinajstić information content (AvgIpc) is 3.44. The summed E-state index contributed by atoms with van der Waals surface area (Å²) in [5.74, 6) is 1.08. The van der Waals surface area contributed by atoms with E-state index in [1.165, 1.54) is 0 Å². The predicted molar refractivity (Wildman–Crippen MR) is 99.4 cm³/mol. The van der Waals surface area contributed by atoms with Gasteiger partial charge in [-0.15, -0.1) is 0 Å². The highest BCUT2D eigenvalue weighted by Gasteiger charge is 2.46. The van der Waals surface area contributed by atoms with Gasteiger partial charge in [0, 0.05) is 30.7 Å². The van der Waals surface area contributed by atoms with Crippen LogP contribution in [-0.2, 0) is 11.3 Å². The number of benzene rings is 1. The van der Waals surface area contributed by atoms with Gasteiger partial charge in [-0.1, -0.05) is 19.1 Å². The molecule has 6 heteroatoms. The first-order chi connectivity index (χ1) is 12.5. The van der Waals surface area contributed by atoms with Gasteiger partial charge >= 0.3 is 0 Å². The standard InChI is InChI=1S/C20H30N2O4/c1-4-19(10-11-19)21-14-20(24)9-6-12-22(18(20)23)13-15-7-5-8-16(25-2)17(15)26-3/h5,7-8,21,24H,4,6,9-14H2,1-3H3/t20-/m0/s1. The lowest BCUT2D eigenvalue weighted by Crippen LogP contribution is -2.59. The second-order valence-electron chi connectivity index (χ2n) is 7.50. The smallest absolute Gasteiger partial charge is 0.256 e. The van der Waals surface area contributed by atoms with Crippen molar-refractivity contribution in [2.45, 2.75) is 56.7 Å². The fourth-order valence-electron chi connectivity index (χ4n) is 3.80. The van der Waals surface area contributed by atoms with Crippen LogP contribution in [0.4, 0.5) is 0 Å². The number of ether oxygens (including phenoxy) is 2. The third-order valence-corrected chi connectivity index (χ3v) is 5.84. The van der Waals surface area contributed by atoms with Gasteiger partial charge in [0.25, 0.3) is 5.91 Å². The normalized spacial score (nSPS) is 24.5. The molecule has 1 aliphatic carbocycles. The molecule has 1 heterocycles. The van der Waals surface area contributed by atoms with Crippen molar-refractivity contribution >= 4 is 5.91 Å². The van der Waals surface area contributed by atoms with Crippen LogP contribution in [0.15, 0.2) is 18.2 Å². The number of nitrogens with one attached hydrogen (secondary N) is 1. The van der Waals surface area contributed by atoms with Crippen molar-refractivity contribution in [2.75, 3.05) is 27.3 Å². The van der Waals surface area contributed by atoms with E-state index >= 15 is 0 Å². The molecule has 2 N–H and O–H groups in total. The van der Waals surface area contributed by atoms with Crippen LogP contribution in [0, 0.1) is 0 Å². The maximum Gasteiger partial charge on any atom is 0.256 e. The Balaban J connectivity index is 1.72. The Hall–Kier alpha value is -1.79. The van der Waals surface area contributed by atoms with Crippen molar-refractivity contribution < 1.29 is 19.4 Å². The largest absolute Gasteiger partial charge is 0.493 e. The van der Waals surface area contributed by atoms with Gasteiger partial charge in [-0.3, -0.25) is 4.79 Å². The van der Waals surface area contributed by atoms with E-state index in [1.54, 1.807) is 19.1 Å². The molecule has 1 saturated carbocycles. The van der Waals surface area contributed by atoms with Crippen LogP contribution in [0.1, 0.15) is 44.6 Å². The SMILES string of the molecule is CCC1(NC[C@@]2(O)CCCN(Cc3cccc(OC)c3OC)C2=O)CC1. The Kier molecular flexibility index (Phi) is 5.44. The van der Waals surface area contributed by atoms with Crippen LogP contribution >= 0.6 is 0 Å². The van der Waals surface area contributed by atoms with Crippen molar-refractivity contribution in [3.8, 4) is 11.5 Å². The Morgan fingerprint density at radius 3 is 2.62 bits per heavy atom. The molecule has 1 aromatic carbocycles. The van der Waals surface area contributed by atoms with E-state index in [4.69, 9.17) is 9.47 Å². The molecule has 0 radical (unpaired) electrons. The number of rotatable bonds is 8. The lowest BCUT2D eigenvalue weighted by Gasteiger charge is -2.39. The van der Waals surface area contributed by atoms with E-state index in [0.717, 1.165) is 31.2 Å². The second-order valence-corrected chi connectivity index (χ2v) is 7.50. The molecule has 1 saturated heterocycles. The van der Waals surface area contributed by atoms with E-state index in [9.17, 15) is 9.90 Å². The minimum absolute atomic E-state index is 0.133. The van der Waals surface area contributed by atoms with Crippen LogP contribution in [-0.4, -0.2) is 54.4 Å². The van der Waals surface area contributed by atoms with Gasteiger partial charge in [0.2, 0.25) is 0 Å². The molecule has 2 aliphatic rings. The molecule has 0 unspecified atom stereocenters. The van der Waals surface area contributed by atoms with Crippen LogP contribution in [0.2, 0.25) is 0 Å². The highest BCUT2D eigenvalue weighted by atomic mass is 16.5. The summed E-state index contributed by atoms with van der Waals surface area (Å²) < 4.78 is 10.8. The monoisotopic (exact) mass is 362 g/mol. The van der Waals surface area contributed by atoms with Crippen molar-refractivity contribution in [2.24, 2.45) is 0 Å². The Labute approximate surface area is 155 Å². The minimum Gasteiger partial charge on any atom is -0.493 e. The van der Waals surface area contributed by atoms with Crippen LogP contribution < -0.4 is 14.8 Å². The molecule has 3 rings (SSSR count). The molecule has 0 aromatic heterocycles. The van der Waals surface area contributed by atoms with Gasteiger partial charge in [0.15, 0.2) is 17.1 Å². The van der Waals surface area contributed by atoms with Gasteiger partial charge in [0.1, 0.15) is 0 Å². The van der Waals surface area contributed by atoms with Gasteiger partial charge in [-0.05, 0) is 38.2 Å². The Morgan fingerprint density at radius 2 is 2.00 bits per heavy atom. The zero-order valence-electron chi connectivity index (χ0n) is 16.0.